The van der Waals surface area contributed by atoms with Crippen molar-refractivity contribution >= 4 is 58.3 Å². The molecule has 0 unspecified atom stereocenters. The van der Waals surface area contributed by atoms with E-state index in [1.165, 1.54) is 12.3 Å². The van der Waals surface area contributed by atoms with E-state index in [0.29, 0.717) is 15.7 Å². The van der Waals surface area contributed by atoms with Crippen molar-refractivity contribution < 1.29 is 10.2 Å². The molecule has 8 heteroatoms. The molecular weight excluding hydrogens is 358 g/mol. The summed E-state index contributed by atoms with van der Waals surface area (Å²) < 4.78 is 0. The van der Waals surface area contributed by atoms with Gasteiger partial charge in [-0.05, 0) is 24.3 Å². The lowest BCUT2D eigenvalue weighted by Gasteiger charge is -2.06. The van der Waals surface area contributed by atoms with E-state index in [2.05, 4.69) is 10.5 Å². The van der Waals surface area contributed by atoms with Crippen molar-refractivity contribution in [1.82, 2.24) is 0 Å². The van der Waals surface area contributed by atoms with Crippen LogP contribution in [-0.2, 0) is 0 Å². The number of nitrogens with one attached hydrogen (secondary N) is 1. The van der Waals surface area contributed by atoms with Crippen LogP contribution in [0, 0.1) is 0 Å². The molecule has 2 aromatic carbocycles. The number of halogens is 4. The maximum atomic E-state index is 9.77. The van der Waals surface area contributed by atoms with Gasteiger partial charge in [0.1, 0.15) is 10.8 Å². The molecule has 0 aliphatic rings. The van der Waals surface area contributed by atoms with Crippen LogP contribution in [0.15, 0.2) is 29.4 Å². The summed E-state index contributed by atoms with van der Waals surface area (Å²) in [6, 6.07) is 6.23. The van der Waals surface area contributed by atoms with Gasteiger partial charge in [0, 0.05) is 5.56 Å². The minimum atomic E-state index is -0.384. The van der Waals surface area contributed by atoms with Gasteiger partial charge in [-0.2, -0.15) is 5.10 Å². The second-order valence-electron chi connectivity index (χ2n) is 3.96. The first-order chi connectivity index (χ1) is 9.90. The van der Waals surface area contributed by atoms with Crippen molar-refractivity contribution in [1.29, 1.82) is 0 Å². The van der Waals surface area contributed by atoms with Crippen molar-refractivity contribution in [3.8, 4) is 11.5 Å². The Hall–Kier alpha value is -1.33. The normalized spacial score (nSPS) is 11.0. The van der Waals surface area contributed by atoms with E-state index in [9.17, 15) is 10.2 Å². The fraction of sp³-hybridized carbons (Fsp3) is 0. The summed E-state index contributed by atoms with van der Waals surface area (Å²) in [6.45, 7) is 0. The predicted molar refractivity (Wildman–Crippen MR) is 87.5 cm³/mol. The molecule has 0 saturated carbocycles. The molecule has 0 radical (unpaired) electrons. The molecule has 0 aromatic heterocycles. The fourth-order valence-electron chi connectivity index (χ4n) is 1.46. The Morgan fingerprint density at radius 1 is 0.905 bits per heavy atom. The number of nitrogens with zero attached hydrogens (tertiary/aromatic N) is 1. The quantitative estimate of drug-likeness (QED) is 0.520. The Kier molecular flexibility index (Phi) is 5.06. The van der Waals surface area contributed by atoms with Gasteiger partial charge in [0.15, 0.2) is 5.75 Å². The standard InChI is InChI=1S/C13H8Cl4N2O2/c14-8-2-1-7(4-9(8)15)19-18-5-6-3-10(16)13(21)11(17)12(6)20/h1-5,19-21H. The molecule has 0 atom stereocenters. The van der Waals surface area contributed by atoms with E-state index in [1.807, 2.05) is 0 Å². The summed E-state index contributed by atoms with van der Waals surface area (Å²) in [6.07, 6.45) is 1.30. The second-order valence-corrected chi connectivity index (χ2v) is 5.56. The summed E-state index contributed by atoms with van der Waals surface area (Å²) in [4.78, 5) is 0. The largest absolute Gasteiger partial charge is 0.506 e. The molecule has 0 bridgehead atoms. The van der Waals surface area contributed by atoms with Gasteiger partial charge < -0.3 is 10.2 Å². The van der Waals surface area contributed by atoms with Gasteiger partial charge in [-0.3, -0.25) is 5.43 Å². The maximum Gasteiger partial charge on any atom is 0.156 e. The van der Waals surface area contributed by atoms with E-state index >= 15 is 0 Å². The minimum Gasteiger partial charge on any atom is -0.506 e. The first-order valence-electron chi connectivity index (χ1n) is 5.54. The number of hydrogen-bond donors (Lipinski definition) is 3. The molecule has 110 valence electrons. The lowest BCUT2D eigenvalue weighted by molar-refractivity contribution is 0.450. The molecule has 0 aliphatic carbocycles. The maximum absolute atomic E-state index is 9.77. The Morgan fingerprint density at radius 2 is 1.62 bits per heavy atom. The highest BCUT2D eigenvalue weighted by Gasteiger charge is 2.13. The molecule has 0 amide bonds. The number of aromatic hydroxyl groups is 2. The van der Waals surface area contributed by atoms with Crippen molar-refractivity contribution in [2.45, 2.75) is 0 Å². The van der Waals surface area contributed by atoms with Crippen LogP contribution in [0.3, 0.4) is 0 Å². The zero-order valence-electron chi connectivity index (χ0n) is 10.2. The van der Waals surface area contributed by atoms with Gasteiger partial charge in [-0.15, -0.1) is 0 Å². The molecule has 4 nitrogen and oxygen atoms in total. The molecular formula is C13H8Cl4N2O2. The van der Waals surface area contributed by atoms with E-state index < -0.39 is 0 Å². The van der Waals surface area contributed by atoms with Crippen LogP contribution >= 0.6 is 46.4 Å². The number of benzene rings is 2. The third-order valence-corrected chi connectivity index (χ3v) is 3.90. The lowest BCUT2D eigenvalue weighted by atomic mass is 10.2. The first-order valence-corrected chi connectivity index (χ1v) is 7.05. The van der Waals surface area contributed by atoms with Gasteiger partial charge >= 0.3 is 0 Å². The summed E-state index contributed by atoms with van der Waals surface area (Å²) in [5.41, 5.74) is 3.56. The molecule has 0 spiro atoms. The van der Waals surface area contributed by atoms with E-state index in [1.54, 1.807) is 18.2 Å². The Morgan fingerprint density at radius 3 is 2.29 bits per heavy atom. The number of hydrogen-bond acceptors (Lipinski definition) is 4. The van der Waals surface area contributed by atoms with Gasteiger partial charge in [0.2, 0.25) is 0 Å². The summed E-state index contributed by atoms with van der Waals surface area (Å²) in [5.74, 6) is -0.705. The fourth-order valence-corrected chi connectivity index (χ4v) is 2.23. The number of phenolic OH excluding ortho intramolecular Hbond substituents is 2. The van der Waals surface area contributed by atoms with Gasteiger partial charge in [0.25, 0.3) is 0 Å². The molecule has 0 saturated heterocycles. The topological polar surface area (TPSA) is 64.9 Å². The van der Waals surface area contributed by atoms with Gasteiger partial charge in [-0.1, -0.05) is 46.4 Å². The summed E-state index contributed by atoms with van der Waals surface area (Å²) >= 11 is 23.2. The molecule has 2 aromatic rings. The molecule has 3 N–H and O–H groups in total. The van der Waals surface area contributed by atoms with E-state index in [0.717, 1.165) is 0 Å². The van der Waals surface area contributed by atoms with Crippen molar-refractivity contribution in [3.63, 3.8) is 0 Å². The summed E-state index contributed by atoms with van der Waals surface area (Å²) in [5, 5.41) is 23.7. The zero-order chi connectivity index (χ0) is 15.6. The number of anilines is 1. The smallest absolute Gasteiger partial charge is 0.156 e. The highest BCUT2D eigenvalue weighted by molar-refractivity contribution is 6.42. The Labute approximate surface area is 140 Å². The van der Waals surface area contributed by atoms with Crippen molar-refractivity contribution in [2.75, 3.05) is 5.43 Å². The van der Waals surface area contributed by atoms with E-state index in [-0.39, 0.29) is 27.1 Å². The van der Waals surface area contributed by atoms with Crippen LogP contribution in [0.5, 0.6) is 11.5 Å². The number of phenols is 2. The first kappa shape index (κ1) is 16.0. The SMILES string of the molecule is Oc1c(Cl)cc(C=NNc2ccc(Cl)c(Cl)c2)c(O)c1Cl. The van der Waals surface area contributed by atoms with Crippen LogP contribution in [-0.4, -0.2) is 16.4 Å². The zero-order valence-corrected chi connectivity index (χ0v) is 13.3. The monoisotopic (exact) mass is 364 g/mol. The van der Waals surface area contributed by atoms with E-state index in [4.69, 9.17) is 46.4 Å². The highest BCUT2D eigenvalue weighted by Crippen LogP contribution is 2.40. The van der Waals surface area contributed by atoms with Crippen LogP contribution in [0.2, 0.25) is 20.1 Å². The molecule has 0 fully saturated rings. The molecule has 0 heterocycles. The van der Waals surface area contributed by atoms with Crippen LogP contribution < -0.4 is 5.43 Å². The Balaban J connectivity index is 2.20. The lowest BCUT2D eigenvalue weighted by Crippen LogP contribution is -1.92. The average Bonchev–Trinajstić information content (AvgIpc) is 2.46. The van der Waals surface area contributed by atoms with Gasteiger partial charge in [-0.25, -0.2) is 0 Å². The molecule has 2 rings (SSSR count). The third kappa shape index (κ3) is 3.66. The van der Waals surface area contributed by atoms with Crippen molar-refractivity contribution in [2.24, 2.45) is 5.10 Å². The van der Waals surface area contributed by atoms with Crippen molar-refractivity contribution in [3.05, 3.63) is 49.9 Å². The average molecular weight is 366 g/mol. The molecule has 0 aliphatic heterocycles. The van der Waals surface area contributed by atoms with Crippen LogP contribution in [0.1, 0.15) is 5.56 Å². The molecule has 21 heavy (non-hydrogen) atoms. The van der Waals surface area contributed by atoms with Crippen LogP contribution in [0.25, 0.3) is 0 Å². The minimum absolute atomic E-state index is 0.00814. The highest BCUT2D eigenvalue weighted by atomic mass is 35.5. The number of rotatable bonds is 3. The van der Waals surface area contributed by atoms with Gasteiger partial charge in [0.05, 0.1) is 27.0 Å². The summed E-state index contributed by atoms with van der Waals surface area (Å²) in [7, 11) is 0. The second kappa shape index (κ2) is 6.62. The number of hydrazone groups is 1. The third-order valence-electron chi connectivity index (χ3n) is 2.51. The Bertz CT molecular complexity index is 720. The predicted octanol–water partition coefficient (Wildman–Crippen LogP) is 5.16. The van der Waals surface area contributed by atoms with Crippen LogP contribution in [0.4, 0.5) is 5.69 Å².